The molecule has 2 aromatic heterocycles. The Hall–Kier alpha value is -2.14. The molecule has 4 N–H and O–H groups in total. The molecule has 5 atom stereocenters. The van der Waals surface area contributed by atoms with Crippen LogP contribution in [0, 0.1) is 0 Å². The highest BCUT2D eigenvalue weighted by Gasteiger charge is 2.51. The van der Waals surface area contributed by atoms with Crippen molar-refractivity contribution in [2.24, 2.45) is 0 Å². The normalized spacial score (nSPS) is 32.3. The average Bonchev–Trinajstić information content (AvgIpc) is 3.25. The van der Waals surface area contributed by atoms with Crippen LogP contribution in [0.15, 0.2) is 43.0 Å². The first kappa shape index (κ1) is 17.9. The Morgan fingerprint density at radius 1 is 1.25 bits per heavy atom. The molecule has 5 rings (SSSR count). The van der Waals surface area contributed by atoms with Gasteiger partial charge in [-0.25, -0.2) is 15.0 Å². The second kappa shape index (κ2) is 6.73. The molecule has 2 saturated heterocycles. The van der Waals surface area contributed by atoms with Crippen molar-refractivity contribution in [2.75, 3.05) is 17.4 Å². The lowest BCUT2D eigenvalue weighted by Gasteiger charge is -2.34. The minimum absolute atomic E-state index is 0.207. The molecule has 146 valence electrons. The van der Waals surface area contributed by atoms with Crippen LogP contribution in [0.5, 0.6) is 0 Å². The number of nitrogens with zero attached hydrogens (tertiary/aromatic N) is 4. The summed E-state index contributed by atoms with van der Waals surface area (Å²) in [4.78, 5) is 12.3. The number of para-hydroxylation sites is 1. The summed E-state index contributed by atoms with van der Waals surface area (Å²) in [6.07, 6.45) is 0.00863. The minimum atomic E-state index is -2.83. The lowest BCUT2D eigenvalue weighted by atomic mass is 10.1. The minimum Gasteiger partial charge on any atom is -0.386 e. The largest absolute Gasteiger partial charge is 0.386 e. The number of imidazole rings is 1. The summed E-state index contributed by atoms with van der Waals surface area (Å²) in [5.74, 6) is 0.260. The molecule has 0 bridgehead atoms. The number of rotatable bonds is 3. The Balaban J connectivity index is 1.40. The maximum absolute atomic E-state index is 10.9. The summed E-state index contributed by atoms with van der Waals surface area (Å²) < 4.78 is 19.4. The smallest absolute Gasteiger partial charge is 0.288 e. The summed E-state index contributed by atoms with van der Waals surface area (Å²) in [5.41, 5.74) is 7.55. The van der Waals surface area contributed by atoms with Gasteiger partial charge in [0.2, 0.25) is 0 Å². The molecule has 2 aliphatic rings. The molecule has 1 aromatic carbocycles. The maximum atomic E-state index is 10.9. The first-order valence-corrected chi connectivity index (χ1v) is 11.2. The van der Waals surface area contributed by atoms with Crippen LogP contribution < -0.4 is 10.8 Å². The van der Waals surface area contributed by atoms with E-state index in [4.69, 9.17) is 31.3 Å². The van der Waals surface area contributed by atoms with Crippen molar-refractivity contribution >= 4 is 41.1 Å². The zero-order valence-corrected chi connectivity index (χ0v) is 16.2. The molecule has 0 spiro atoms. The highest BCUT2D eigenvalue weighted by molar-refractivity contribution is 8.10. The van der Waals surface area contributed by atoms with Crippen molar-refractivity contribution in [3.05, 3.63) is 43.0 Å². The number of fused-ring (bicyclic) bond motifs is 2. The zero-order chi connectivity index (χ0) is 19.3. The van der Waals surface area contributed by atoms with E-state index >= 15 is 0 Å². The van der Waals surface area contributed by atoms with Crippen LogP contribution in [0.3, 0.4) is 0 Å². The van der Waals surface area contributed by atoms with Crippen LogP contribution in [0.4, 0.5) is 11.5 Å². The van der Waals surface area contributed by atoms with Crippen LogP contribution in [0.25, 0.3) is 11.2 Å². The van der Waals surface area contributed by atoms with Gasteiger partial charge in [0.25, 0.3) is 6.64 Å². The molecular formula is C16H17N6O4PS. The van der Waals surface area contributed by atoms with Gasteiger partial charge in [0.1, 0.15) is 30.2 Å². The molecule has 0 radical (unpaired) electrons. The molecule has 0 aliphatic carbocycles. The molecule has 0 saturated carbocycles. The highest BCUT2D eigenvalue weighted by atomic mass is 32.5. The Kier molecular flexibility index (Phi) is 4.31. The second-order valence-electron chi connectivity index (χ2n) is 6.48. The number of benzene rings is 1. The van der Waals surface area contributed by atoms with Crippen LogP contribution >= 0.6 is 6.64 Å². The molecule has 10 nitrogen and oxygen atoms in total. The number of nitrogens with two attached hydrogens (primary N) is 1. The van der Waals surface area contributed by atoms with Gasteiger partial charge >= 0.3 is 0 Å². The number of nitrogen functional groups attached to an aromatic ring is 1. The van der Waals surface area contributed by atoms with Crippen molar-refractivity contribution in [3.63, 3.8) is 0 Å². The van der Waals surface area contributed by atoms with Crippen LogP contribution in [0.2, 0.25) is 0 Å². The molecule has 4 heterocycles. The first-order valence-electron chi connectivity index (χ1n) is 8.57. The second-order valence-corrected chi connectivity index (χ2v) is 9.61. The quantitative estimate of drug-likeness (QED) is 0.535. The molecular weight excluding hydrogens is 403 g/mol. The number of hydrogen-bond acceptors (Lipinski definition) is 9. The maximum Gasteiger partial charge on any atom is 0.288 e. The van der Waals surface area contributed by atoms with Crippen molar-refractivity contribution < 1.29 is 18.9 Å². The third kappa shape index (κ3) is 2.96. The predicted molar refractivity (Wildman–Crippen MR) is 105 cm³/mol. The fourth-order valence-electron chi connectivity index (χ4n) is 3.36. The molecule has 2 fully saturated rings. The number of hydrogen-bond donors (Lipinski definition) is 3. The molecule has 28 heavy (non-hydrogen) atoms. The van der Waals surface area contributed by atoms with E-state index < -0.39 is 31.2 Å². The summed E-state index contributed by atoms with van der Waals surface area (Å²) in [7, 11) is 0. The van der Waals surface area contributed by atoms with E-state index in [0.29, 0.717) is 11.2 Å². The number of aromatic nitrogens is 4. The average molecular weight is 420 g/mol. The van der Waals surface area contributed by atoms with Gasteiger partial charge in [0, 0.05) is 5.69 Å². The number of ether oxygens (including phenoxy) is 1. The highest BCUT2D eigenvalue weighted by Crippen LogP contribution is 2.55. The van der Waals surface area contributed by atoms with Gasteiger partial charge < -0.3 is 29.7 Å². The van der Waals surface area contributed by atoms with Gasteiger partial charge in [-0.3, -0.25) is 4.57 Å². The molecule has 3 unspecified atom stereocenters. The molecule has 0 amide bonds. The van der Waals surface area contributed by atoms with Gasteiger partial charge in [-0.1, -0.05) is 18.2 Å². The van der Waals surface area contributed by atoms with Gasteiger partial charge in [-0.15, -0.1) is 0 Å². The SMILES string of the molecule is Nc1ncnc2c1ncn2[C@@H]1O[C@@H]2COP(=S)(Nc3ccccc3)OC2C1O. The lowest BCUT2D eigenvalue weighted by Crippen LogP contribution is -2.40. The van der Waals surface area contributed by atoms with Crippen LogP contribution in [-0.4, -0.2) is 49.5 Å². The van der Waals surface area contributed by atoms with Crippen LogP contribution in [0.1, 0.15) is 6.23 Å². The summed E-state index contributed by atoms with van der Waals surface area (Å²) in [5, 5.41) is 14.0. The fraction of sp³-hybridized carbons (Fsp3) is 0.312. The number of anilines is 2. The molecule has 2 aliphatic heterocycles. The van der Waals surface area contributed by atoms with Crippen molar-refractivity contribution in [1.29, 1.82) is 0 Å². The summed E-state index contributed by atoms with van der Waals surface area (Å²) in [6, 6.07) is 9.43. The standard InChI is InChI=1S/C16H17N6O4PS/c17-14-11-15(19-7-18-14)22(8-20-11)16-12(23)13-10(25-16)6-24-27(28,26-13)21-9-4-2-1-3-5-9/h1-5,7-8,10,12-13,16,23H,6H2,(H,21,28)(H2,17,18,19)/t10-,12?,13?,16-,27?/m1/s1. The predicted octanol–water partition coefficient (Wildman–Crippen LogP) is 1.42. The van der Waals surface area contributed by atoms with Gasteiger partial charge in [-0.2, -0.15) is 0 Å². The number of aliphatic hydroxyl groups is 1. The zero-order valence-electron chi connectivity index (χ0n) is 14.5. The van der Waals surface area contributed by atoms with E-state index in [1.165, 1.54) is 12.7 Å². The van der Waals surface area contributed by atoms with E-state index in [0.717, 1.165) is 5.69 Å². The lowest BCUT2D eigenvalue weighted by molar-refractivity contribution is -0.0539. The van der Waals surface area contributed by atoms with Gasteiger partial charge in [0.05, 0.1) is 12.9 Å². The van der Waals surface area contributed by atoms with E-state index in [9.17, 15) is 5.11 Å². The summed E-state index contributed by atoms with van der Waals surface area (Å²) >= 11 is 5.58. The molecule has 12 heteroatoms. The summed E-state index contributed by atoms with van der Waals surface area (Å²) in [6.45, 7) is -2.62. The van der Waals surface area contributed by atoms with Gasteiger partial charge in [0.15, 0.2) is 17.7 Å². The molecule has 3 aromatic rings. The fourth-order valence-corrected chi connectivity index (χ4v) is 5.73. The topological polar surface area (TPSA) is 130 Å². The van der Waals surface area contributed by atoms with Crippen molar-refractivity contribution in [1.82, 2.24) is 19.5 Å². The Labute approximate surface area is 164 Å². The van der Waals surface area contributed by atoms with Crippen molar-refractivity contribution in [2.45, 2.75) is 24.5 Å². The third-order valence-corrected chi connectivity index (χ3v) is 7.07. The Morgan fingerprint density at radius 3 is 2.89 bits per heavy atom. The van der Waals surface area contributed by atoms with E-state index in [2.05, 4.69) is 20.0 Å². The Morgan fingerprint density at radius 2 is 2.07 bits per heavy atom. The third-order valence-electron chi connectivity index (χ3n) is 4.68. The van der Waals surface area contributed by atoms with Gasteiger partial charge in [-0.05, 0) is 23.9 Å². The van der Waals surface area contributed by atoms with Crippen molar-refractivity contribution in [3.8, 4) is 0 Å². The number of nitrogens with one attached hydrogen (secondary N) is 1. The monoisotopic (exact) mass is 420 g/mol. The Bertz CT molecular complexity index is 1070. The number of aliphatic hydroxyl groups excluding tert-OH is 1. The van der Waals surface area contributed by atoms with E-state index in [-0.39, 0.29) is 12.4 Å². The van der Waals surface area contributed by atoms with E-state index in [1.54, 1.807) is 4.57 Å². The van der Waals surface area contributed by atoms with E-state index in [1.807, 2.05) is 30.3 Å². The van der Waals surface area contributed by atoms with Crippen LogP contribution in [-0.2, 0) is 25.6 Å². The first-order chi connectivity index (χ1) is 13.5.